The van der Waals surface area contributed by atoms with Crippen LogP contribution in [-0.4, -0.2) is 51.8 Å². The van der Waals surface area contributed by atoms with Gasteiger partial charge in [-0.2, -0.15) is 0 Å². The number of unbranched alkanes of at least 4 members (excludes halogenated alkanes) is 12. The maximum atomic E-state index is 12.9. The number of nitriles is 1. The minimum atomic E-state index is -0.159. The van der Waals surface area contributed by atoms with Crippen molar-refractivity contribution in [3.8, 4) is 17.6 Å². The lowest BCUT2D eigenvalue weighted by atomic mass is 9.69. The van der Waals surface area contributed by atoms with Crippen molar-refractivity contribution in [2.24, 2.45) is 0 Å². The van der Waals surface area contributed by atoms with E-state index in [1.165, 1.54) is 25.7 Å². The zero-order chi connectivity index (χ0) is 46.6. The molecule has 5 aromatic carbocycles. The summed E-state index contributed by atoms with van der Waals surface area (Å²) in [5, 5.41) is 51.1. The molecule has 0 spiro atoms. The van der Waals surface area contributed by atoms with Gasteiger partial charge in [-0.25, -0.2) is 14.7 Å². The van der Waals surface area contributed by atoms with E-state index in [0.717, 1.165) is 147 Å². The standard InChI is InChI=1S/C59H68N4O3/c1-6-10-14-22-36-62(37-23-15-11-7-2)57-43-30-20-18-28-41(43)52(50-45(57)32-26-34-48(50)64)55-54(47(40-60)61-5)56(59(55)66)53-42-29-19-21-31-44(42)58(46-33-27-35-49(65)51(46)53)63(38-24-16-12-8-3)39-25-17-13-9-4/h18-21,26-35H,6-17,22-25,36-39H2,1-4H3,(H2-,64,65,66)/p+1. The van der Waals surface area contributed by atoms with Crippen molar-refractivity contribution in [3.05, 3.63) is 147 Å². The highest BCUT2D eigenvalue weighted by Crippen LogP contribution is 2.58. The minimum Gasteiger partial charge on any atom is -0.507 e. The van der Waals surface area contributed by atoms with Crippen molar-refractivity contribution >= 4 is 44.1 Å². The van der Waals surface area contributed by atoms with E-state index in [9.17, 15) is 20.6 Å². The average Bonchev–Trinajstić information content (AvgIpc) is 3.33. The normalized spacial score (nSPS) is 15.0. The van der Waals surface area contributed by atoms with Gasteiger partial charge in [-0.05, 0) is 60.9 Å². The van der Waals surface area contributed by atoms with Crippen molar-refractivity contribution in [1.82, 2.24) is 0 Å². The second-order valence-corrected chi connectivity index (χ2v) is 18.2. The van der Waals surface area contributed by atoms with Crippen LogP contribution in [0.2, 0.25) is 0 Å². The Labute approximate surface area is 393 Å². The van der Waals surface area contributed by atoms with Crippen LogP contribution in [0.5, 0.6) is 11.5 Å². The van der Waals surface area contributed by atoms with E-state index in [0.29, 0.717) is 38.8 Å². The Kier molecular flexibility index (Phi) is 16.4. The Morgan fingerprint density at radius 3 is 1.70 bits per heavy atom. The smallest absolute Gasteiger partial charge is 0.270 e. The van der Waals surface area contributed by atoms with Gasteiger partial charge in [0.25, 0.3) is 5.70 Å². The molecule has 7 heteroatoms. The van der Waals surface area contributed by atoms with Crippen molar-refractivity contribution in [1.29, 1.82) is 5.26 Å². The summed E-state index contributed by atoms with van der Waals surface area (Å²) < 4.78 is 2.50. The first-order chi connectivity index (χ1) is 32.4. The van der Waals surface area contributed by atoms with Crippen molar-refractivity contribution in [2.75, 3.05) is 31.1 Å². The molecule has 0 fully saturated rings. The summed E-state index contributed by atoms with van der Waals surface area (Å²) in [5.41, 5.74) is 7.41. The first kappa shape index (κ1) is 47.6. The number of hydrogen-bond donors (Lipinski definition) is 3. The zero-order valence-corrected chi connectivity index (χ0v) is 39.9. The number of benzene rings is 5. The Bertz CT molecular complexity index is 2730. The number of hydrogen-bond acceptors (Lipinski definition) is 5. The second kappa shape index (κ2) is 22.7. The maximum absolute atomic E-state index is 12.9. The summed E-state index contributed by atoms with van der Waals surface area (Å²) in [6.07, 6.45) is 18.1. The fourth-order valence-electron chi connectivity index (χ4n) is 10.4. The summed E-state index contributed by atoms with van der Waals surface area (Å²) in [6.45, 7) is 20.8. The highest BCUT2D eigenvalue weighted by molar-refractivity contribution is 6.26. The number of phenols is 2. The van der Waals surface area contributed by atoms with Gasteiger partial charge in [0.05, 0.1) is 29.5 Å². The van der Waals surface area contributed by atoms with Gasteiger partial charge in [0, 0.05) is 75.5 Å². The summed E-state index contributed by atoms with van der Waals surface area (Å²) >= 11 is 0. The largest absolute Gasteiger partial charge is 0.507 e. The highest BCUT2D eigenvalue weighted by atomic mass is 16.3. The molecule has 0 atom stereocenters. The molecule has 7 nitrogen and oxygen atoms in total. The Hall–Kier alpha value is -6.31. The van der Waals surface area contributed by atoms with Crippen LogP contribution in [-0.2, 0) is 0 Å². The van der Waals surface area contributed by atoms with E-state index in [4.69, 9.17) is 6.57 Å². The van der Waals surface area contributed by atoms with Crippen LogP contribution in [0.25, 0.3) is 37.5 Å². The van der Waals surface area contributed by atoms with E-state index in [1.54, 1.807) is 12.1 Å². The third kappa shape index (κ3) is 9.50. The summed E-state index contributed by atoms with van der Waals surface area (Å²) in [5.74, 6) is 0.0617. The quantitative estimate of drug-likeness (QED) is 0.0208. The number of rotatable bonds is 22. The molecule has 3 N–H and O–H groups in total. The number of nitrogens with zero attached hydrogens (tertiary/aromatic N) is 4. The van der Waals surface area contributed by atoms with Crippen molar-refractivity contribution in [3.63, 3.8) is 0 Å². The SMILES string of the molecule is [C-]#[N+]C(C#N)=C1C(c2c3ccccc3c(N(CCCCCC)CCCCCC)c3cccc(O)c23)=C(O)/C1=C1\c2ccccc2C(=[N+](CCCCCC)CCCCCC)c2cccc(O)c21. The molecule has 342 valence electrons. The molecule has 0 saturated carbocycles. The van der Waals surface area contributed by atoms with Gasteiger partial charge in [0.1, 0.15) is 30.3 Å². The van der Waals surface area contributed by atoms with Crippen LogP contribution in [0.4, 0.5) is 5.69 Å². The Morgan fingerprint density at radius 2 is 1.09 bits per heavy atom. The van der Waals surface area contributed by atoms with Gasteiger partial charge < -0.3 is 20.2 Å². The molecule has 0 heterocycles. The molecule has 0 radical (unpaired) electrons. The van der Waals surface area contributed by atoms with Crippen LogP contribution in [0.1, 0.15) is 158 Å². The van der Waals surface area contributed by atoms with Gasteiger partial charge >= 0.3 is 0 Å². The number of aliphatic hydroxyl groups is 1. The predicted octanol–water partition coefficient (Wildman–Crippen LogP) is 15.2. The third-order valence-corrected chi connectivity index (χ3v) is 13.7. The van der Waals surface area contributed by atoms with Crippen LogP contribution < -0.4 is 4.90 Å². The van der Waals surface area contributed by atoms with Crippen LogP contribution >= 0.6 is 0 Å². The fraction of sp³-hybridized carbons (Fsp3) is 0.407. The first-order valence-corrected chi connectivity index (χ1v) is 25.0. The van der Waals surface area contributed by atoms with E-state index in [2.05, 4.69) is 72.4 Å². The Morgan fingerprint density at radius 1 is 0.561 bits per heavy atom. The van der Waals surface area contributed by atoms with Gasteiger partial charge in [0.2, 0.25) is 5.71 Å². The van der Waals surface area contributed by atoms with Gasteiger partial charge in [-0.3, -0.25) is 0 Å². The summed E-state index contributed by atoms with van der Waals surface area (Å²) in [7, 11) is 0. The molecule has 7 rings (SSSR count). The molecular weight excluding hydrogens is 813 g/mol. The van der Waals surface area contributed by atoms with Gasteiger partial charge in [0.15, 0.2) is 0 Å². The molecule has 5 aromatic rings. The summed E-state index contributed by atoms with van der Waals surface area (Å²) in [4.78, 5) is 6.33. The van der Waals surface area contributed by atoms with E-state index in [1.807, 2.05) is 48.5 Å². The summed E-state index contributed by atoms with van der Waals surface area (Å²) in [6, 6.07) is 29.8. The predicted molar refractivity (Wildman–Crippen MR) is 274 cm³/mol. The number of aliphatic hydroxyl groups excluding tert-OH is 1. The number of allylic oxidation sites excluding steroid dienone is 3. The van der Waals surface area contributed by atoms with E-state index >= 15 is 0 Å². The Balaban J connectivity index is 1.53. The lowest BCUT2D eigenvalue weighted by Gasteiger charge is -2.35. The number of phenolic OH excluding ortho intramolecular Hbond substituents is 2. The molecule has 0 aromatic heterocycles. The number of anilines is 1. The fourth-order valence-corrected chi connectivity index (χ4v) is 10.4. The van der Waals surface area contributed by atoms with Crippen LogP contribution in [0.3, 0.4) is 0 Å². The lowest BCUT2D eigenvalue weighted by Crippen LogP contribution is -2.30. The monoisotopic (exact) mass is 882 g/mol. The molecule has 0 unspecified atom stereocenters. The molecule has 2 aliphatic rings. The minimum absolute atomic E-state index is 0.0664. The lowest BCUT2D eigenvalue weighted by molar-refractivity contribution is -0.528. The zero-order valence-electron chi connectivity index (χ0n) is 39.9. The molecule has 0 saturated heterocycles. The van der Waals surface area contributed by atoms with E-state index in [-0.39, 0.29) is 23.0 Å². The first-order valence-electron chi connectivity index (χ1n) is 25.0. The highest BCUT2D eigenvalue weighted by Gasteiger charge is 2.43. The van der Waals surface area contributed by atoms with Crippen molar-refractivity contribution in [2.45, 2.75) is 130 Å². The molecule has 66 heavy (non-hydrogen) atoms. The maximum Gasteiger partial charge on any atom is 0.270 e. The molecule has 2 aliphatic carbocycles. The third-order valence-electron chi connectivity index (χ3n) is 13.7. The van der Waals surface area contributed by atoms with Gasteiger partial charge in [-0.1, -0.05) is 153 Å². The van der Waals surface area contributed by atoms with Crippen molar-refractivity contribution < 1.29 is 19.9 Å². The van der Waals surface area contributed by atoms with Crippen LogP contribution in [0, 0.1) is 17.9 Å². The molecule has 0 aliphatic heterocycles. The number of fused-ring (bicyclic) bond motifs is 4. The average molecular weight is 882 g/mol. The second-order valence-electron chi connectivity index (χ2n) is 18.2. The molecule has 0 bridgehead atoms. The van der Waals surface area contributed by atoms with Crippen LogP contribution in [0.15, 0.2) is 108 Å². The topological polar surface area (TPSA) is 95.1 Å². The number of aromatic hydroxyl groups is 2. The van der Waals surface area contributed by atoms with Gasteiger partial charge in [-0.15, -0.1) is 0 Å². The molecular formula is C59H69N4O3+. The molecule has 0 amide bonds. The van der Waals surface area contributed by atoms with E-state index < -0.39 is 0 Å².